The molecule has 122 valence electrons. The summed E-state index contributed by atoms with van der Waals surface area (Å²) in [6.45, 7) is 1.77. The summed E-state index contributed by atoms with van der Waals surface area (Å²) in [5.74, 6) is -0.442. The Morgan fingerprint density at radius 3 is 2.75 bits per heavy atom. The van der Waals surface area contributed by atoms with Crippen molar-refractivity contribution in [3.8, 4) is 5.69 Å². The summed E-state index contributed by atoms with van der Waals surface area (Å²) in [6.07, 6.45) is 3.32. The third kappa shape index (κ3) is 3.09. The summed E-state index contributed by atoms with van der Waals surface area (Å²) >= 11 is 5.96. The number of aromatic nitrogens is 3. The zero-order valence-electron chi connectivity index (χ0n) is 13.2. The first-order valence-electron chi connectivity index (χ1n) is 7.25. The van der Waals surface area contributed by atoms with Gasteiger partial charge in [-0.2, -0.15) is 5.10 Å². The van der Waals surface area contributed by atoms with Crippen LogP contribution in [0.5, 0.6) is 0 Å². The van der Waals surface area contributed by atoms with Crippen molar-refractivity contribution in [3.63, 3.8) is 0 Å². The van der Waals surface area contributed by atoms with E-state index < -0.39 is 5.91 Å². The molecule has 1 N–H and O–H groups in total. The fourth-order valence-electron chi connectivity index (χ4n) is 2.26. The van der Waals surface area contributed by atoms with E-state index in [1.165, 1.54) is 4.57 Å². The number of anilines is 1. The lowest BCUT2D eigenvalue weighted by molar-refractivity contribution is 0.102. The van der Waals surface area contributed by atoms with Crippen LogP contribution in [-0.4, -0.2) is 20.3 Å². The lowest BCUT2D eigenvalue weighted by Gasteiger charge is -2.08. The van der Waals surface area contributed by atoms with E-state index in [0.717, 1.165) is 5.69 Å². The minimum absolute atomic E-state index is 0.209. The van der Waals surface area contributed by atoms with Crippen molar-refractivity contribution < 1.29 is 4.79 Å². The molecule has 0 fully saturated rings. The molecule has 3 aromatic rings. The van der Waals surface area contributed by atoms with Crippen LogP contribution in [0.15, 0.2) is 53.6 Å². The number of hydrogen-bond acceptors (Lipinski definition) is 3. The topological polar surface area (TPSA) is 68.9 Å². The molecule has 0 saturated heterocycles. The molecular formula is C17H15ClN4O2. The van der Waals surface area contributed by atoms with Gasteiger partial charge in [-0.15, -0.1) is 0 Å². The zero-order valence-corrected chi connectivity index (χ0v) is 13.9. The molecule has 0 aliphatic rings. The molecule has 0 saturated carbocycles. The number of pyridine rings is 1. The van der Waals surface area contributed by atoms with Crippen molar-refractivity contribution in [1.82, 2.24) is 14.3 Å². The second kappa shape index (κ2) is 6.33. The van der Waals surface area contributed by atoms with Crippen LogP contribution < -0.4 is 10.9 Å². The monoisotopic (exact) mass is 342 g/mol. The van der Waals surface area contributed by atoms with Gasteiger partial charge < -0.3 is 9.88 Å². The van der Waals surface area contributed by atoms with Crippen LogP contribution in [0, 0.1) is 6.92 Å². The van der Waals surface area contributed by atoms with Gasteiger partial charge in [0.15, 0.2) is 5.69 Å². The van der Waals surface area contributed by atoms with E-state index in [0.29, 0.717) is 10.6 Å². The molecule has 7 heteroatoms. The highest BCUT2D eigenvalue weighted by molar-refractivity contribution is 6.30. The van der Waals surface area contributed by atoms with Crippen LogP contribution in [0.1, 0.15) is 16.1 Å². The Morgan fingerprint density at radius 2 is 2.00 bits per heavy atom. The maximum Gasteiger partial charge on any atom is 0.276 e. The smallest absolute Gasteiger partial charge is 0.276 e. The van der Waals surface area contributed by atoms with Crippen LogP contribution >= 0.6 is 11.6 Å². The maximum atomic E-state index is 12.4. The first kappa shape index (κ1) is 16.0. The lowest BCUT2D eigenvalue weighted by atomic mass is 10.2. The van der Waals surface area contributed by atoms with Gasteiger partial charge in [-0.05, 0) is 42.8 Å². The number of rotatable bonds is 3. The normalized spacial score (nSPS) is 10.6. The summed E-state index contributed by atoms with van der Waals surface area (Å²) in [6, 6.07) is 10.5. The number of carbonyl (C=O) groups is 1. The molecule has 1 aromatic carbocycles. The summed E-state index contributed by atoms with van der Waals surface area (Å²) < 4.78 is 2.96. The first-order chi connectivity index (χ1) is 11.5. The summed E-state index contributed by atoms with van der Waals surface area (Å²) in [4.78, 5) is 24.5. The van der Waals surface area contributed by atoms with Gasteiger partial charge in [0.05, 0.1) is 5.69 Å². The van der Waals surface area contributed by atoms with Gasteiger partial charge in [0.1, 0.15) is 5.69 Å². The molecule has 0 bridgehead atoms. The zero-order chi connectivity index (χ0) is 17.3. The standard InChI is InChI=1S/C17H15ClN4O2/c1-11-6-8-21(2)17(24)15(11)19-16(23)14-7-9-22(20-14)13-5-3-4-12(18)10-13/h3-10H,1-2H3,(H,19,23). The van der Waals surface area contributed by atoms with E-state index in [1.54, 1.807) is 61.4 Å². The number of amides is 1. The van der Waals surface area contributed by atoms with Gasteiger partial charge in [-0.3, -0.25) is 9.59 Å². The first-order valence-corrected chi connectivity index (χ1v) is 7.63. The minimum atomic E-state index is -0.442. The van der Waals surface area contributed by atoms with Crippen LogP contribution in [-0.2, 0) is 7.05 Å². The van der Waals surface area contributed by atoms with E-state index in [1.807, 2.05) is 6.07 Å². The van der Waals surface area contributed by atoms with Crippen molar-refractivity contribution in [2.24, 2.45) is 7.05 Å². The minimum Gasteiger partial charge on any atom is -0.317 e. The lowest BCUT2D eigenvalue weighted by Crippen LogP contribution is -2.25. The number of halogens is 1. The molecule has 0 aliphatic carbocycles. The number of nitrogens with zero attached hydrogens (tertiary/aromatic N) is 3. The summed E-state index contributed by atoms with van der Waals surface area (Å²) in [7, 11) is 1.63. The van der Waals surface area contributed by atoms with E-state index in [2.05, 4.69) is 10.4 Å². The van der Waals surface area contributed by atoms with Crippen molar-refractivity contribution in [2.75, 3.05) is 5.32 Å². The molecule has 0 unspecified atom stereocenters. The Kier molecular flexibility index (Phi) is 4.22. The van der Waals surface area contributed by atoms with Crippen molar-refractivity contribution in [3.05, 3.63) is 75.4 Å². The van der Waals surface area contributed by atoms with Crippen LogP contribution in [0.3, 0.4) is 0 Å². The number of carbonyl (C=O) groups excluding carboxylic acids is 1. The Balaban J connectivity index is 1.87. The molecule has 0 aliphatic heterocycles. The molecule has 24 heavy (non-hydrogen) atoms. The van der Waals surface area contributed by atoms with Gasteiger partial charge in [-0.1, -0.05) is 17.7 Å². The van der Waals surface area contributed by atoms with Crippen molar-refractivity contribution >= 4 is 23.2 Å². The second-order valence-electron chi connectivity index (χ2n) is 5.37. The molecule has 0 atom stereocenters. The molecule has 2 aromatic heterocycles. The third-order valence-corrected chi connectivity index (χ3v) is 3.84. The fourth-order valence-corrected chi connectivity index (χ4v) is 2.44. The number of aryl methyl sites for hydroxylation is 2. The second-order valence-corrected chi connectivity index (χ2v) is 5.81. The summed E-state index contributed by atoms with van der Waals surface area (Å²) in [5, 5.41) is 7.46. The number of nitrogens with one attached hydrogen (secondary N) is 1. The quantitative estimate of drug-likeness (QED) is 0.795. The molecule has 3 rings (SSSR count). The van der Waals surface area contributed by atoms with Crippen molar-refractivity contribution in [2.45, 2.75) is 6.92 Å². The van der Waals surface area contributed by atoms with Gasteiger partial charge in [0, 0.05) is 24.5 Å². The average molecular weight is 343 g/mol. The highest BCUT2D eigenvalue weighted by Crippen LogP contribution is 2.15. The van der Waals surface area contributed by atoms with E-state index in [4.69, 9.17) is 11.6 Å². The van der Waals surface area contributed by atoms with Gasteiger partial charge >= 0.3 is 0 Å². The largest absolute Gasteiger partial charge is 0.317 e. The van der Waals surface area contributed by atoms with E-state index in [9.17, 15) is 9.59 Å². The van der Waals surface area contributed by atoms with Crippen LogP contribution in [0.2, 0.25) is 5.02 Å². The van der Waals surface area contributed by atoms with E-state index >= 15 is 0 Å². The van der Waals surface area contributed by atoms with Gasteiger partial charge in [-0.25, -0.2) is 4.68 Å². The predicted octanol–water partition coefficient (Wildman–Crippen LogP) is 2.79. The molecule has 1 amide bonds. The van der Waals surface area contributed by atoms with Gasteiger partial charge in [0.25, 0.3) is 11.5 Å². The Hall–Kier alpha value is -2.86. The van der Waals surface area contributed by atoms with Crippen molar-refractivity contribution in [1.29, 1.82) is 0 Å². The molecule has 6 nitrogen and oxygen atoms in total. The van der Waals surface area contributed by atoms with Crippen LogP contribution in [0.25, 0.3) is 5.69 Å². The van der Waals surface area contributed by atoms with Crippen LogP contribution in [0.4, 0.5) is 5.69 Å². The Morgan fingerprint density at radius 1 is 1.21 bits per heavy atom. The maximum absolute atomic E-state index is 12.4. The highest BCUT2D eigenvalue weighted by Gasteiger charge is 2.14. The van der Waals surface area contributed by atoms with Gasteiger partial charge in [0.2, 0.25) is 0 Å². The fraction of sp³-hybridized carbons (Fsp3) is 0.118. The molecule has 2 heterocycles. The highest BCUT2D eigenvalue weighted by atomic mass is 35.5. The third-order valence-electron chi connectivity index (χ3n) is 3.61. The SMILES string of the molecule is Cc1ccn(C)c(=O)c1NC(=O)c1ccn(-c2cccc(Cl)c2)n1. The predicted molar refractivity (Wildman–Crippen MR) is 92.9 cm³/mol. The summed E-state index contributed by atoms with van der Waals surface area (Å²) in [5.41, 5.74) is 1.63. The Labute approximate surface area is 143 Å². The Bertz CT molecular complexity index is 975. The molecular weight excluding hydrogens is 328 g/mol. The van der Waals surface area contributed by atoms with E-state index in [-0.39, 0.29) is 16.9 Å². The average Bonchev–Trinajstić information content (AvgIpc) is 3.05. The number of hydrogen-bond donors (Lipinski definition) is 1. The molecule has 0 radical (unpaired) electrons. The molecule has 0 spiro atoms. The number of benzene rings is 1.